The van der Waals surface area contributed by atoms with Crippen LogP contribution >= 0.6 is 0 Å². The zero-order valence-electron chi connectivity index (χ0n) is 10.2. The largest absolute Gasteiger partial charge is 0.330 e. The van der Waals surface area contributed by atoms with Gasteiger partial charge in [-0.1, -0.05) is 12.8 Å². The highest BCUT2D eigenvalue weighted by atomic mass is 32.2. The van der Waals surface area contributed by atoms with Gasteiger partial charge in [0.15, 0.2) is 0 Å². The topological polar surface area (TPSA) is 63.4 Å². The standard InChI is InChI=1S/C11H24N2O2S/c1-16(14,15)10-9-13(8-4-7-12)11-5-2-3-6-11/h11H,2-10,12H2,1H3. The molecule has 0 bridgehead atoms. The predicted octanol–water partition coefficient (Wildman–Crippen LogP) is 0.624. The fraction of sp³-hybridized carbons (Fsp3) is 1.00. The third kappa shape index (κ3) is 5.27. The first-order valence-corrected chi connectivity index (χ1v) is 8.21. The van der Waals surface area contributed by atoms with Crippen LogP contribution in [-0.2, 0) is 9.84 Å². The normalized spacial score (nSPS) is 18.4. The minimum absolute atomic E-state index is 0.272. The molecule has 0 spiro atoms. The molecular weight excluding hydrogens is 224 g/mol. The molecule has 1 aliphatic rings. The fourth-order valence-electron chi connectivity index (χ4n) is 2.32. The summed E-state index contributed by atoms with van der Waals surface area (Å²) in [5.41, 5.74) is 5.51. The van der Waals surface area contributed by atoms with Crippen LogP contribution in [0, 0.1) is 0 Å². The van der Waals surface area contributed by atoms with Crippen LogP contribution in [0.1, 0.15) is 32.1 Å². The summed E-state index contributed by atoms with van der Waals surface area (Å²) >= 11 is 0. The van der Waals surface area contributed by atoms with Gasteiger partial charge in [-0.05, 0) is 32.4 Å². The Balaban J connectivity index is 2.42. The van der Waals surface area contributed by atoms with Crippen LogP contribution in [0.15, 0.2) is 0 Å². The Bertz CT molecular complexity index is 284. The fourth-order valence-corrected chi connectivity index (χ4v) is 2.89. The second kappa shape index (κ2) is 6.57. The lowest BCUT2D eigenvalue weighted by molar-refractivity contribution is 0.209. The molecule has 0 atom stereocenters. The lowest BCUT2D eigenvalue weighted by Crippen LogP contribution is -2.38. The Morgan fingerprint density at radius 3 is 2.38 bits per heavy atom. The molecule has 1 aliphatic carbocycles. The van der Waals surface area contributed by atoms with E-state index in [1.54, 1.807) is 0 Å². The Kier molecular flexibility index (Phi) is 5.72. The molecule has 0 aromatic heterocycles. The molecule has 4 nitrogen and oxygen atoms in total. The SMILES string of the molecule is CS(=O)(=O)CCN(CCCN)C1CCCC1. The van der Waals surface area contributed by atoms with Gasteiger partial charge < -0.3 is 5.73 Å². The molecule has 16 heavy (non-hydrogen) atoms. The summed E-state index contributed by atoms with van der Waals surface area (Å²) in [5, 5.41) is 0. The van der Waals surface area contributed by atoms with Gasteiger partial charge in [0, 0.05) is 18.8 Å². The van der Waals surface area contributed by atoms with Crippen molar-refractivity contribution in [3.8, 4) is 0 Å². The third-order valence-corrected chi connectivity index (χ3v) is 4.16. The van der Waals surface area contributed by atoms with E-state index in [1.165, 1.54) is 31.9 Å². The van der Waals surface area contributed by atoms with Crippen molar-refractivity contribution in [2.75, 3.05) is 31.6 Å². The molecule has 1 saturated carbocycles. The van der Waals surface area contributed by atoms with Crippen molar-refractivity contribution in [2.24, 2.45) is 5.73 Å². The smallest absolute Gasteiger partial charge is 0.148 e. The van der Waals surface area contributed by atoms with Gasteiger partial charge in [-0.25, -0.2) is 8.42 Å². The number of nitrogens with two attached hydrogens (primary N) is 1. The summed E-state index contributed by atoms with van der Waals surface area (Å²) in [6.07, 6.45) is 7.26. The zero-order valence-corrected chi connectivity index (χ0v) is 11.0. The maximum absolute atomic E-state index is 11.2. The minimum atomic E-state index is -2.85. The summed E-state index contributed by atoms with van der Waals surface area (Å²) in [5.74, 6) is 0.272. The van der Waals surface area contributed by atoms with E-state index in [0.717, 1.165) is 13.0 Å². The van der Waals surface area contributed by atoms with Crippen molar-refractivity contribution >= 4 is 9.84 Å². The number of sulfone groups is 1. The number of rotatable bonds is 7. The first-order valence-electron chi connectivity index (χ1n) is 6.15. The summed E-state index contributed by atoms with van der Waals surface area (Å²) in [4.78, 5) is 2.32. The third-order valence-electron chi connectivity index (χ3n) is 3.24. The van der Waals surface area contributed by atoms with Gasteiger partial charge in [-0.15, -0.1) is 0 Å². The van der Waals surface area contributed by atoms with E-state index in [0.29, 0.717) is 19.1 Å². The van der Waals surface area contributed by atoms with E-state index >= 15 is 0 Å². The molecule has 1 fully saturated rings. The van der Waals surface area contributed by atoms with Crippen molar-refractivity contribution in [3.63, 3.8) is 0 Å². The highest BCUT2D eigenvalue weighted by molar-refractivity contribution is 7.90. The highest BCUT2D eigenvalue weighted by Gasteiger charge is 2.22. The first kappa shape index (κ1) is 13.9. The molecule has 0 heterocycles. The summed E-state index contributed by atoms with van der Waals surface area (Å²) in [6, 6.07) is 0.591. The average Bonchev–Trinajstić information content (AvgIpc) is 2.69. The maximum Gasteiger partial charge on any atom is 0.148 e. The molecule has 0 amide bonds. The number of hydrogen-bond acceptors (Lipinski definition) is 4. The molecule has 1 rings (SSSR count). The summed E-state index contributed by atoms with van der Waals surface area (Å²) in [7, 11) is -2.85. The van der Waals surface area contributed by atoms with Crippen LogP contribution in [-0.4, -0.2) is 51.0 Å². The molecule has 0 aliphatic heterocycles. The van der Waals surface area contributed by atoms with E-state index in [4.69, 9.17) is 5.73 Å². The molecule has 96 valence electrons. The van der Waals surface area contributed by atoms with Crippen molar-refractivity contribution in [1.29, 1.82) is 0 Å². The lowest BCUT2D eigenvalue weighted by atomic mass is 10.2. The summed E-state index contributed by atoms with van der Waals surface area (Å²) in [6.45, 7) is 2.29. The molecule has 5 heteroatoms. The Morgan fingerprint density at radius 1 is 1.25 bits per heavy atom. The molecule has 0 aromatic carbocycles. The van der Waals surface area contributed by atoms with Crippen LogP contribution in [0.3, 0.4) is 0 Å². The average molecular weight is 248 g/mol. The van der Waals surface area contributed by atoms with Gasteiger partial charge in [-0.3, -0.25) is 4.90 Å². The Morgan fingerprint density at radius 2 is 1.88 bits per heavy atom. The van der Waals surface area contributed by atoms with E-state index in [1.807, 2.05) is 0 Å². The first-order chi connectivity index (χ1) is 7.53. The maximum atomic E-state index is 11.2. The van der Waals surface area contributed by atoms with Crippen molar-refractivity contribution < 1.29 is 8.42 Å². The molecule has 2 N–H and O–H groups in total. The van der Waals surface area contributed by atoms with Crippen LogP contribution < -0.4 is 5.73 Å². The second-order valence-corrected chi connectivity index (χ2v) is 7.01. The molecule has 0 saturated heterocycles. The number of nitrogens with zero attached hydrogens (tertiary/aromatic N) is 1. The van der Waals surface area contributed by atoms with Crippen molar-refractivity contribution in [1.82, 2.24) is 4.90 Å². The van der Waals surface area contributed by atoms with E-state index < -0.39 is 9.84 Å². The van der Waals surface area contributed by atoms with Crippen molar-refractivity contribution in [2.45, 2.75) is 38.1 Å². The Labute approximate surface area is 99.1 Å². The van der Waals surface area contributed by atoms with Crippen LogP contribution in [0.4, 0.5) is 0 Å². The van der Waals surface area contributed by atoms with Gasteiger partial charge in [0.2, 0.25) is 0 Å². The lowest BCUT2D eigenvalue weighted by Gasteiger charge is -2.28. The van der Waals surface area contributed by atoms with Gasteiger partial charge in [0.25, 0.3) is 0 Å². The predicted molar refractivity (Wildman–Crippen MR) is 67.2 cm³/mol. The minimum Gasteiger partial charge on any atom is -0.330 e. The Hall–Kier alpha value is -0.130. The van der Waals surface area contributed by atoms with Crippen LogP contribution in [0.2, 0.25) is 0 Å². The van der Waals surface area contributed by atoms with Crippen LogP contribution in [0.5, 0.6) is 0 Å². The molecule has 0 radical (unpaired) electrons. The van der Waals surface area contributed by atoms with Gasteiger partial charge in [0.05, 0.1) is 5.75 Å². The second-order valence-electron chi connectivity index (χ2n) is 4.75. The molecule has 0 unspecified atom stereocenters. The quantitative estimate of drug-likeness (QED) is 0.717. The monoisotopic (exact) mass is 248 g/mol. The van der Waals surface area contributed by atoms with E-state index in [9.17, 15) is 8.42 Å². The summed E-state index contributed by atoms with van der Waals surface area (Å²) < 4.78 is 22.3. The molecule has 0 aromatic rings. The molecular formula is C11H24N2O2S. The van der Waals surface area contributed by atoms with E-state index in [2.05, 4.69) is 4.90 Å². The van der Waals surface area contributed by atoms with Gasteiger partial charge in [-0.2, -0.15) is 0 Å². The van der Waals surface area contributed by atoms with Gasteiger partial charge in [0.1, 0.15) is 9.84 Å². The van der Waals surface area contributed by atoms with E-state index in [-0.39, 0.29) is 5.75 Å². The van der Waals surface area contributed by atoms with Crippen LogP contribution in [0.25, 0.3) is 0 Å². The van der Waals surface area contributed by atoms with Crippen molar-refractivity contribution in [3.05, 3.63) is 0 Å². The van der Waals surface area contributed by atoms with Gasteiger partial charge >= 0.3 is 0 Å². The zero-order chi connectivity index (χ0) is 12.0. The number of hydrogen-bond donors (Lipinski definition) is 1. The highest BCUT2D eigenvalue weighted by Crippen LogP contribution is 2.23.